The van der Waals surface area contributed by atoms with E-state index < -0.39 is 10.1 Å². The van der Waals surface area contributed by atoms with Gasteiger partial charge < -0.3 is 8.71 Å². The van der Waals surface area contributed by atoms with Gasteiger partial charge in [0.15, 0.2) is 0 Å². The summed E-state index contributed by atoms with van der Waals surface area (Å²) in [5, 5.41) is 3.40. The molecule has 68 valence electrons. The number of aryl methyl sites for hydroxylation is 1. The van der Waals surface area contributed by atoms with Crippen LogP contribution in [0.2, 0.25) is 0 Å². The molecule has 0 saturated heterocycles. The van der Waals surface area contributed by atoms with Crippen LogP contribution in [0.1, 0.15) is 12.7 Å². The molecule has 1 heterocycles. The average Bonchev–Trinajstić information content (AvgIpc) is 2.32. The molecule has 0 atom stereocenters. The largest absolute Gasteiger partial charge is 0.358 e. The lowest BCUT2D eigenvalue weighted by Gasteiger charge is -1.93. The van der Waals surface area contributed by atoms with Crippen LogP contribution in [0.15, 0.2) is 10.6 Å². The molecule has 0 saturated carbocycles. The molecule has 0 fully saturated rings. The van der Waals surface area contributed by atoms with Gasteiger partial charge in [-0.25, -0.2) is 0 Å². The first kappa shape index (κ1) is 9.05. The maximum Gasteiger partial charge on any atom is 0.307 e. The van der Waals surface area contributed by atoms with Gasteiger partial charge in [0, 0.05) is 12.5 Å². The van der Waals surface area contributed by atoms with Crippen LogP contribution in [-0.2, 0) is 16.5 Å². The Morgan fingerprint density at radius 3 is 2.75 bits per heavy atom. The van der Waals surface area contributed by atoms with Crippen LogP contribution in [0.25, 0.3) is 0 Å². The lowest BCUT2D eigenvalue weighted by Crippen LogP contribution is -2.05. The minimum absolute atomic E-state index is 0.0191. The first-order valence-corrected chi connectivity index (χ1v) is 5.18. The van der Waals surface area contributed by atoms with Crippen LogP contribution in [0.5, 0.6) is 5.88 Å². The SMILES string of the molecule is CCc1cc(OS(C)(=O)=O)no1. The molecule has 12 heavy (non-hydrogen) atoms. The quantitative estimate of drug-likeness (QED) is 0.653. The highest BCUT2D eigenvalue weighted by Crippen LogP contribution is 2.12. The van der Waals surface area contributed by atoms with E-state index in [1.165, 1.54) is 6.07 Å². The average molecular weight is 191 g/mol. The summed E-state index contributed by atoms with van der Waals surface area (Å²) in [7, 11) is -3.49. The molecular formula is C6H9NO4S. The van der Waals surface area contributed by atoms with Gasteiger partial charge in [-0.1, -0.05) is 6.92 Å². The van der Waals surface area contributed by atoms with Gasteiger partial charge in [-0.05, 0) is 5.16 Å². The normalized spacial score (nSPS) is 11.5. The highest BCUT2D eigenvalue weighted by Gasteiger charge is 2.08. The molecule has 0 unspecified atom stereocenters. The van der Waals surface area contributed by atoms with Crippen molar-refractivity contribution in [1.82, 2.24) is 5.16 Å². The van der Waals surface area contributed by atoms with Gasteiger partial charge in [-0.15, -0.1) is 0 Å². The smallest absolute Gasteiger partial charge is 0.307 e. The first-order valence-electron chi connectivity index (χ1n) is 3.36. The van der Waals surface area contributed by atoms with E-state index in [-0.39, 0.29) is 5.88 Å². The van der Waals surface area contributed by atoms with Crippen molar-refractivity contribution < 1.29 is 17.1 Å². The predicted octanol–water partition coefficient (Wildman–Crippen LogP) is 0.575. The minimum atomic E-state index is -3.49. The second kappa shape index (κ2) is 3.14. The molecule has 6 heteroatoms. The second-order valence-corrected chi connectivity index (χ2v) is 3.85. The molecule has 0 aliphatic rings. The van der Waals surface area contributed by atoms with Crippen molar-refractivity contribution in [2.75, 3.05) is 6.26 Å². The highest BCUT2D eigenvalue weighted by atomic mass is 32.2. The molecule has 0 N–H and O–H groups in total. The van der Waals surface area contributed by atoms with Crippen LogP contribution in [0.3, 0.4) is 0 Å². The fraction of sp³-hybridized carbons (Fsp3) is 0.500. The Hall–Kier alpha value is -1.04. The van der Waals surface area contributed by atoms with E-state index in [1.807, 2.05) is 6.92 Å². The lowest BCUT2D eigenvalue weighted by atomic mass is 10.4. The Labute approximate surface area is 70.4 Å². The first-order chi connectivity index (χ1) is 5.51. The zero-order valence-electron chi connectivity index (χ0n) is 6.77. The third-order valence-corrected chi connectivity index (χ3v) is 1.60. The van der Waals surface area contributed by atoms with Gasteiger partial charge >= 0.3 is 10.1 Å². The summed E-state index contributed by atoms with van der Waals surface area (Å²) in [6, 6.07) is 1.45. The van der Waals surface area contributed by atoms with E-state index in [4.69, 9.17) is 4.52 Å². The molecule has 5 nitrogen and oxygen atoms in total. The zero-order valence-corrected chi connectivity index (χ0v) is 7.59. The van der Waals surface area contributed by atoms with Crippen LogP contribution in [-0.4, -0.2) is 19.8 Å². The topological polar surface area (TPSA) is 69.4 Å². The lowest BCUT2D eigenvalue weighted by molar-refractivity contribution is 0.362. The maximum absolute atomic E-state index is 10.6. The summed E-state index contributed by atoms with van der Waals surface area (Å²) >= 11 is 0. The standard InChI is InChI=1S/C6H9NO4S/c1-3-5-4-6(7-10-5)11-12(2,8)9/h4H,3H2,1-2H3. The summed E-state index contributed by atoms with van der Waals surface area (Å²) in [4.78, 5) is 0. The molecule has 0 amide bonds. The number of aromatic nitrogens is 1. The van der Waals surface area contributed by atoms with Gasteiger partial charge in [-0.3, -0.25) is 0 Å². The summed E-state index contributed by atoms with van der Waals surface area (Å²) in [5.41, 5.74) is 0. The van der Waals surface area contributed by atoms with Gasteiger partial charge in [0.25, 0.3) is 5.88 Å². The summed E-state index contributed by atoms with van der Waals surface area (Å²) < 4.78 is 30.4. The molecule has 0 aliphatic heterocycles. The molecule has 0 aliphatic carbocycles. The Kier molecular flexibility index (Phi) is 2.37. The summed E-state index contributed by atoms with van der Waals surface area (Å²) in [5.74, 6) is 0.572. The number of nitrogens with zero attached hydrogens (tertiary/aromatic N) is 1. The van der Waals surface area contributed by atoms with Crippen molar-refractivity contribution in [1.29, 1.82) is 0 Å². The van der Waals surface area contributed by atoms with Gasteiger partial charge in [0.05, 0.1) is 6.26 Å². The van der Waals surface area contributed by atoms with E-state index in [0.29, 0.717) is 12.2 Å². The monoisotopic (exact) mass is 191 g/mol. The Morgan fingerprint density at radius 1 is 1.67 bits per heavy atom. The van der Waals surface area contributed by atoms with Crippen molar-refractivity contribution in [2.45, 2.75) is 13.3 Å². The van der Waals surface area contributed by atoms with Crippen LogP contribution in [0, 0.1) is 0 Å². The van der Waals surface area contributed by atoms with E-state index >= 15 is 0 Å². The summed E-state index contributed by atoms with van der Waals surface area (Å²) in [6.07, 6.45) is 1.60. The summed E-state index contributed by atoms with van der Waals surface area (Å²) in [6.45, 7) is 1.87. The van der Waals surface area contributed by atoms with Crippen molar-refractivity contribution in [3.05, 3.63) is 11.8 Å². The molecule has 1 aromatic rings. The molecule has 0 bridgehead atoms. The van der Waals surface area contributed by atoms with Crippen LogP contribution in [0.4, 0.5) is 0 Å². The second-order valence-electron chi connectivity index (χ2n) is 2.27. The number of hydrogen-bond donors (Lipinski definition) is 0. The van der Waals surface area contributed by atoms with Crippen LogP contribution >= 0.6 is 0 Å². The van der Waals surface area contributed by atoms with E-state index in [1.54, 1.807) is 0 Å². The van der Waals surface area contributed by atoms with E-state index in [2.05, 4.69) is 9.34 Å². The molecular weight excluding hydrogens is 182 g/mol. The Balaban J connectivity index is 2.78. The third-order valence-electron chi connectivity index (χ3n) is 1.12. The number of hydrogen-bond acceptors (Lipinski definition) is 5. The van der Waals surface area contributed by atoms with E-state index in [9.17, 15) is 8.42 Å². The van der Waals surface area contributed by atoms with Crippen molar-refractivity contribution in [3.63, 3.8) is 0 Å². The molecule has 0 radical (unpaired) electrons. The van der Waals surface area contributed by atoms with Crippen LogP contribution < -0.4 is 4.18 Å². The van der Waals surface area contributed by atoms with Gasteiger partial charge in [0.1, 0.15) is 5.76 Å². The zero-order chi connectivity index (χ0) is 9.19. The molecule has 1 aromatic heterocycles. The third kappa shape index (κ3) is 2.54. The highest BCUT2D eigenvalue weighted by molar-refractivity contribution is 7.86. The fourth-order valence-electron chi connectivity index (χ4n) is 0.655. The van der Waals surface area contributed by atoms with Crippen molar-refractivity contribution in [2.24, 2.45) is 0 Å². The molecule has 0 spiro atoms. The van der Waals surface area contributed by atoms with E-state index in [0.717, 1.165) is 6.26 Å². The molecule has 0 aromatic carbocycles. The van der Waals surface area contributed by atoms with Gasteiger partial charge in [-0.2, -0.15) is 8.42 Å². The van der Waals surface area contributed by atoms with Crippen molar-refractivity contribution in [3.8, 4) is 5.88 Å². The Morgan fingerprint density at radius 2 is 2.33 bits per heavy atom. The minimum Gasteiger partial charge on any atom is -0.358 e. The van der Waals surface area contributed by atoms with Crippen molar-refractivity contribution >= 4 is 10.1 Å². The fourth-order valence-corrected chi connectivity index (χ4v) is 1.04. The maximum atomic E-state index is 10.6. The molecule has 1 rings (SSSR count). The Bertz CT molecular complexity index is 353. The number of rotatable bonds is 3. The predicted molar refractivity (Wildman–Crippen MR) is 41.4 cm³/mol. The van der Waals surface area contributed by atoms with Gasteiger partial charge in [0.2, 0.25) is 0 Å².